The highest BCUT2D eigenvalue weighted by atomic mass is 16.3. The van der Waals surface area contributed by atoms with Crippen LogP contribution in [0.4, 0.5) is 0 Å². The van der Waals surface area contributed by atoms with Gasteiger partial charge in [0.2, 0.25) is 11.8 Å². The molecule has 0 radical (unpaired) electrons. The average molecular weight is 370 g/mol. The van der Waals surface area contributed by atoms with Crippen molar-refractivity contribution in [2.24, 2.45) is 5.92 Å². The molecule has 5 nitrogen and oxygen atoms in total. The van der Waals surface area contributed by atoms with Crippen molar-refractivity contribution in [1.82, 2.24) is 9.80 Å². The number of rotatable bonds is 4. The number of carbonyl (C=O) groups is 2. The molecule has 1 aromatic carbocycles. The Hall–Kier alpha value is -2.14. The molecule has 2 heterocycles. The van der Waals surface area contributed by atoms with Crippen LogP contribution in [0, 0.1) is 12.8 Å². The molecule has 2 fully saturated rings. The first-order valence-electron chi connectivity index (χ1n) is 9.89. The molecule has 0 spiro atoms. The van der Waals surface area contributed by atoms with E-state index in [0.717, 1.165) is 0 Å². The van der Waals surface area contributed by atoms with Crippen LogP contribution in [0.3, 0.4) is 0 Å². The molecule has 146 valence electrons. The number of aliphatic hydroxyl groups is 1. The summed E-state index contributed by atoms with van der Waals surface area (Å²) < 4.78 is 0. The molecule has 3 rings (SSSR count). The van der Waals surface area contributed by atoms with E-state index in [4.69, 9.17) is 0 Å². The molecular weight excluding hydrogens is 340 g/mol. The van der Waals surface area contributed by atoms with Crippen LogP contribution in [0.2, 0.25) is 0 Å². The minimum absolute atomic E-state index is 0.0126. The molecule has 0 saturated carbocycles. The van der Waals surface area contributed by atoms with Crippen LogP contribution in [0.5, 0.6) is 0 Å². The predicted molar refractivity (Wildman–Crippen MR) is 105 cm³/mol. The van der Waals surface area contributed by atoms with Gasteiger partial charge in [-0.2, -0.15) is 0 Å². The number of piperidine rings is 2. The SMILES string of the molecule is C=CC(=O)N1CCC(C(=O)N2CCC(O)(Cc3ccccc3C)CC2)CC1. The number of likely N-dealkylation sites (tertiary alicyclic amines) is 2. The summed E-state index contributed by atoms with van der Waals surface area (Å²) in [6.45, 7) is 8.04. The fraction of sp³-hybridized carbons (Fsp3) is 0.545. The van der Waals surface area contributed by atoms with E-state index in [-0.39, 0.29) is 17.7 Å². The summed E-state index contributed by atoms with van der Waals surface area (Å²) in [5, 5.41) is 11.0. The standard InChI is InChI=1S/C22H30N2O3/c1-3-20(25)23-12-8-18(9-13-23)21(26)24-14-10-22(27,11-15-24)16-19-7-5-4-6-17(19)2/h3-7,18,27H,1,8-16H2,2H3. The van der Waals surface area contributed by atoms with E-state index in [9.17, 15) is 14.7 Å². The minimum Gasteiger partial charge on any atom is -0.389 e. The van der Waals surface area contributed by atoms with Crippen molar-refractivity contribution >= 4 is 11.8 Å². The number of amides is 2. The third kappa shape index (κ3) is 4.59. The zero-order chi connectivity index (χ0) is 19.4. The van der Waals surface area contributed by atoms with Gasteiger partial charge in [0, 0.05) is 38.5 Å². The maximum atomic E-state index is 12.8. The lowest BCUT2D eigenvalue weighted by molar-refractivity contribution is -0.143. The Morgan fingerprint density at radius 1 is 1.15 bits per heavy atom. The first-order valence-corrected chi connectivity index (χ1v) is 9.89. The lowest BCUT2D eigenvalue weighted by Crippen LogP contribution is -2.50. The molecule has 5 heteroatoms. The van der Waals surface area contributed by atoms with Crippen LogP contribution in [-0.2, 0) is 16.0 Å². The number of hydrogen-bond acceptors (Lipinski definition) is 3. The van der Waals surface area contributed by atoms with Gasteiger partial charge < -0.3 is 14.9 Å². The summed E-state index contributed by atoms with van der Waals surface area (Å²) in [6.07, 6.45) is 4.62. The lowest BCUT2D eigenvalue weighted by atomic mass is 9.83. The van der Waals surface area contributed by atoms with E-state index < -0.39 is 5.60 Å². The van der Waals surface area contributed by atoms with Gasteiger partial charge >= 0.3 is 0 Å². The lowest BCUT2D eigenvalue weighted by Gasteiger charge is -2.41. The van der Waals surface area contributed by atoms with E-state index in [2.05, 4.69) is 25.6 Å². The van der Waals surface area contributed by atoms with Crippen molar-refractivity contribution in [3.8, 4) is 0 Å². The first kappa shape index (κ1) is 19.6. The second kappa shape index (κ2) is 8.26. The Morgan fingerprint density at radius 2 is 1.78 bits per heavy atom. The van der Waals surface area contributed by atoms with Gasteiger partial charge in [0.05, 0.1) is 5.60 Å². The van der Waals surface area contributed by atoms with Crippen molar-refractivity contribution in [3.63, 3.8) is 0 Å². The summed E-state index contributed by atoms with van der Waals surface area (Å²) in [6, 6.07) is 8.16. The Bertz CT molecular complexity index is 699. The quantitative estimate of drug-likeness (QED) is 0.828. The fourth-order valence-electron chi connectivity index (χ4n) is 4.22. The van der Waals surface area contributed by atoms with Gasteiger partial charge in [0.25, 0.3) is 0 Å². The van der Waals surface area contributed by atoms with Gasteiger partial charge in [-0.25, -0.2) is 0 Å². The highest BCUT2D eigenvalue weighted by Gasteiger charge is 2.37. The van der Waals surface area contributed by atoms with Gasteiger partial charge in [-0.1, -0.05) is 30.8 Å². The zero-order valence-electron chi connectivity index (χ0n) is 16.2. The van der Waals surface area contributed by atoms with E-state index >= 15 is 0 Å². The second-order valence-corrected chi connectivity index (χ2v) is 7.96. The van der Waals surface area contributed by atoms with Crippen LogP contribution in [0.15, 0.2) is 36.9 Å². The van der Waals surface area contributed by atoms with Crippen molar-refractivity contribution < 1.29 is 14.7 Å². The van der Waals surface area contributed by atoms with Crippen LogP contribution < -0.4 is 0 Å². The molecular formula is C22H30N2O3. The van der Waals surface area contributed by atoms with Crippen LogP contribution in [-0.4, -0.2) is 58.5 Å². The monoisotopic (exact) mass is 370 g/mol. The number of nitrogens with zero attached hydrogens (tertiary/aromatic N) is 2. The van der Waals surface area contributed by atoms with Crippen molar-refractivity contribution in [3.05, 3.63) is 48.0 Å². The third-order valence-electron chi connectivity index (χ3n) is 6.12. The Morgan fingerprint density at radius 3 is 2.37 bits per heavy atom. The largest absolute Gasteiger partial charge is 0.389 e. The Labute approximate surface area is 161 Å². The molecule has 2 aliphatic rings. The molecule has 2 saturated heterocycles. The molecule has 2 aliphatic heterocycles. The summed E-state index contributed by atoms with van der Waals surface area (Å²) >= 11 is 0. The van der Waals surface area contributed by atoms with Gasteiger partial charge in [0.15, 0.2) is 0 Å². The smallest absolute Gasteiger partial charge is 0.245 e. The van der Waals surface area contributed by atoms with E-state index in [0.29, 0.717) is 58.3 Å². The van der Waals surface area contributed by atoms with Crippen molar-refractivity contribution in [1.29, 1.82) is 0 Å². The molecule has 0 bridgehead atoms. The number of hydrogen-bond donors (Lipinski definition) is 1. The van der Waals surface area contributed by atoms with Crippen LogP contribution >= 0.6 is 0 Å². The van der Waals surface area contributed by atoms with E-state index in [1.165, 1.54) is 17.2 Å². The molecule has 0 aromatic heterocycles. The van der Waals surface area contributed by atoms with Gasteiger partial charge in [-0.05, 0) is 49.8 Å². The maximum absolute atomic E-state index is 12.8. The van der Waals surface area contributed by atoms with Gasteiger partial charge in [-0.15, -0.1) is 0 Å². The molecule has 0 unspecified atom stereocenters. The predicted octanol–water partition coefficient (Wildman–Crippen LogP) is 2.32. The summed E-state index contributed by atoms with van der Waals surface area (Å²) in [5.41, 5.74) is 1.65. The number of carbonyl (C=O) groups excluding carboxylic acids is 2. The van der Waals surface area contributed by atoms with Gasteiger partial charge in [0.1, 0.15) is 0 Å². The highest BCUT2D eigenvalue weighted by molar-refractivity contribution is 5.87. The fourth-order valence-corrected chi connectivity index (χ4v) is 4.22. The molecule has 27 heavy (non-hydrogen) atoms. The molecule has 0 atom stereocenters. The third-order valence-corrected chi connectivity index (χ3v) is 6.12. The molecule has 1 N–H and O–H groups in total. The van der Waals surface area contributed by atoms with E-state index in [1.807, 2.05) is 17.0 Å². The zero-order valence-corrected chi connectivity index (χ0v) is 16.2. The number of benzene rings is 1. The van der Waals surface area contributed by atoms with E-state index in [1.54, 1.807) is 4.90 Å². The summed E-state index contributed by atoms with van der Waals surface area (Å²) in [4.78, 5) is 28.2. The molecule has 0 aliphatic carbocycles. The second-order valence-electron chi connectivity index (χ2n) is 7.96. The van der Waals surface area contributed by atoms with Gasteiger partial charge in [-0.3, -0.25) is 9.59 Å². The van der Waals surface area contributed by atoms with Crippen molar-refractivity contribution in [2.45, 2.75) is 44.6 Å². The molecule has 2 amide bonds. The van der Waals surface area contributed by atoms with Crippen LogP contribution in [0.25, 0.3) is 0 Å². The Balaban J connectivity index is 1.51. The number of aryl methyl sites for hydroxylation is 1. The minimum atomic E-state index is -0.733. The first-order chi connectivity index (χ1) is 12.9. The Kier molecular flexibility index (Phi) is 6.00. The summed E-state index contributed by atoms with van der Waals surface area (Å²) in [7, 11) is 0. The van der Waals surface area contributed by atoms with Crippen LogP contribution in [0.1, 0.15) is 36.8 Å². The topological polar surface area (TPSA) is 60.9 Å². The highest BCUT2D eigenvalue weighted by Crippen LogP contribution is 2.29. The normalized spacial score (nSPS) is 20.4. The molecule has 1 aromatic rings. The maximum Gasteiger partial charge on any atom is 0.245 e. The average Bonchev–Trinajstić information content (AvgIpc) is 2.69. The van der Waals surface area contributed by atoms with Crippen molar-refractivity contribution in [2.75, 3.05) is 26.2 Å². The summed E-state index contributed by atoms with van der Waals surface area (Å²) in [5.74, 6) is 0.111.